The maximum absolute atomic E-state index is 5.96. The summed E-state index contributed by atoms with van der Waals surface area (Å²) in [5.74, 6) is 7.77. The Labute approximate surface area is 92.9 Å². The molecule has 1 aliphatic carbocycles. The van der Waals surface area contributed by atoms with Gasteiger partial charge in [0.25, 0.3) is 0 Å². The Bertz CT molecular complexity index is 533. The normalized spacial score (nSPS) is 15.6. The summed E-state index contributed by atoms with van der Waals surface area (Å²) in [6.07, 6.45) is 5.77. The number of nitrogens with two attached hydrogens (primary N) is 2. The van der Waals surface area contributed by atoms with Crippen LogP contribution in [0.3, 0.4) is 0 Å². The second-order valence-corrected chi connectivity index (χ2v) is 4.24. The first-order valence-electron chi connectivity index (χ1n) is 5.28. The van der Waals surface area contributed by atoms with Crippen molar-refractivity contribution < 1.29 is 0 Å². The molecule has 3 rings (SSSR count). The van der Waals surface area contributed by atoms with Gasteiger partial charge in [0.15, 0.2) is 5.82 Å². The van der Waals surface area contributed by atoms with Crippen molar-refractivity contribution in [3.8, 4) is 11.4 Å². The number of nitrogen functional groups attached to an aromatic ring is 2. The van der Waals surface area contributed by atoms with Crippen LogP contribution >= 0.6 is 0 Å². The molecule has 2 aromatic heterocycles. The third kappa shape index (κ3) is 1.19. The summed E-state index contributed by atoms with van der Waals surface area (Å²) >= 11 is 0. The predicted octanol–water partition coefficient (Wildman–Crippen LogP) is 0.457. The minimum absolute atomic E-state index is 0.481. The molecule has 4 N–H and O–H groups in total. The molecule has 2 aromatic rings. The number of anilines is 1. The lowest BCUT2D eigenvalue weighted by Crippen LogP contribution is -2.14. The molecular formula is C10H14N6. The predicted molar refractivity (Wildman–Crippen MR) is 61.0 cm³/mol. The largest absolute Gasteiger partial charge is 0.382 e. The maximum Gasteiger partial charge on any atom is 0.152 e. The first kappa shape index (κ1) is 9.26. The molecule has 16 heavy (non-hydrogen) atoms. The van der Waals surface area contributed by atoms with E-state index in [1.165, 1.54) is 4.68 Å². The van der Waals surface area contributed by atoms with Crippen LogP contribution in [0.25, 0.3) is 11.4 Å². The van der Waals surface area contributed by atoms with E-state index in [4.69, 9.17) is 11.6 Å². The minimum atomic E-state index is 0.481. The van der Waals surface area contributed by atoms with E-state index in [-0.39, 0.29) is 0 Å². The molecule has 6 heteroatoms. The van der Waals surface area contributed by atoms with Crippen molar-refractivity contribution in [2.45, 2.75) is 18.8 Å². The van der Waals surface area contributed by atoms with Crippen LogP contribution in [0.4, 0.5) is 5.82 Å². The highest BCUT2D eigenvalue weighted by Gasteiger charge is 2.30. The number of hydrogen-bond acceptors (Lipinski definition) is 4. The van der Waals surface area contributed by atoms with Gasteiger partial charge in [-0.2, -0.15) is 0 Å². The van der Waals surface area contributed by atoms with Crippen molar-refractivity contribution in [1.29, 1.82) is 0 Å². The van der Waals surface area contributed by atoms with Gasteiger partial charge in [-0.25, -0.2) is 14.6 Å². The Balaban J connectivity index is 2.14. The molecule has 6 nitrogen and oxygen atoms in total. The quantitative estimate of drug-likeness (QED) is 0.717. The molecule has 0 saturated heterocycles. The van der Waals surface area contributed by atoms with Crippen molar-refractivity contribution in [3.05, 3.63) is 18.3 Å². The number of rotatable bonds is 2. The number of imidazole rings is 2. The molecule has 0 atom stereocenters. The lowest BCUT2D eigenvalue weighted by Gasteiger charge is -2.00. The molecule has 0 bridgehead atoms. The van der Waals surface area contributed by atoms with Crippen LogP contribution in [0.15, 0.2) is 12.5 Å². The van der Waals surface area contributed by atoms with Gasteiger partial charge in [0.05, 0.1) is 18.2 Å². The fourth-order valence-electron chi connectivity index (χ4n) is 1.87. The van der Waals surface area contributed by atoms with E-state index in [9.17, 15) is 0 Å². The third-order valence-corrected chi connectivity index (χ3v) is 2.98. The Morgan fingerprint density at radius 3 is 2.75 bits per heavy atom. The van der Waals surface area contributed by atoms with Crippen LogP contribution in [0.2, 0.25) is 0 Å². The van der Waals surface area contributed by atoms with E-state index in [0.29, 0.717) is 11.7 Å². The topological polar surface area (TPSA) is 87.7 Å². The fourth-order valence-corrected chi connectivity index (χ4v) is 1.87. The van der Waals surface area contributed by atoms with Gasteiger partial charge < -0.3 is 16.1 Å². The summed E-state index contributed by atoms with van der Waals surface area (Å²) < 4.78 is 3.38. The molecule has 0 aliphatic heterocycles. The van der Waals surface area contributed by atoms with Crippen molar-refractivity contribution in [2.24, 2.45) is 7.05 Å². The van der Waals surface area contributed by atoms with Gasteiger partial charge in [0, 0.05) is 13.0 Å². The van der Waals surface area contributed by atoms with E-state index < -0.39 is 0 Å². The van der Waals surface area contributed by atoms with Crippen molar-refractivity contribution >= 4 is 5.82 Å². The molecule has 0 spiro atoms. The Morgan fingerprint density at radius 2 is 2.19 bits per heavy atom. The van der Waals surface area contributed by atoms with E-state index in [1.807, 2.05) is 11.6 Å². The molecule has 84 valence electrons. The number of nitrogens with zero attached hydrogens (tertiary/aromatic N) is 4. The van der Waals surface area contributed by atoms with Crippen molar-refractivity contribution in [1.82, 2.24) is 19.2 Å². The molecule has 1 fully saturated rings. The summed E-state index contributed by atoms with van der Waals surface area (Å²) in [6.45, 7) is 0. The average Bonchev–Trinajstić information content (AvgIpc) is 2.96. The summed E-state index contributed by atoms with van der Waals surface area (Å²) in [5, 5.41) is 0. The molecule has 2 heterocycles. The van der Waals surface area contributed by atoms with Gasteiger partial charge >= 0.3 is 0 Å². The number of hydrogen-bond donors (Lipinski definition) is 2. The zero-order valence-electron chi connectivity index (χ0n) is 9.09. The van der Waals surface area contributed by atoms with Gasteiger partial charge in [0.2, 0.25) is 0 Å². The van der Waals surface area contributed by atoms with Crippen molar-refractivity contribution in [3.63, 3.8) is 0 Å². The first-order chi connectivity index (χ1) is 7.68. The lowest BCUT2D eigenvalue weighted by molar-refractivity contribution is 0.854. The van der Waals surface area contributed by atoms with Crippen LogP contribution in [0, 0.1) is 0 Å². The Morgan fingerprint density at radius 1 is 1.44 bits per heavy atom. The maximum atomic E-state index is 5.96. The smallest absolute Gasteiger partial charge is 0.152 e. The monoisotopic (exact) mass is 218 g/mol. The minimum Gasteiger partial charge on any atom is -0.382 e. The second kappa shape index (κ2) is 3.01. The third-order valence-electron chi connectivity index (χ3n) is 2.98. The van der Waals surface area contributed by atoms with Crippen LogP contribution in [-0.4, -0.2) is 19.2 Å². The zero-order chi connectivity index (χ0) is 11.3. The highest BCUT2D eigenvalue weighted by Crippen LogP contribution is 2.41. The molecular weight excluding hydrogens is 204 g/mol. The van der Waals surface area contributed by atoms with Crippen LogP contribution in [0.5, 0.6) is 0 Å². The molecule has 0 radical (unpaired) electrons. The van der Waals surface area contributed by atoms with E-state index in [2.05, 4.69) is 9.97 Å². The van der Waals surface area contributed by atoms with E-state index >= 15 is 0 Å². The van der Waals surface area contributed by atoms with Gasteiger partial charge in [-0.05, 0) is 12.8 Å². The average molecular weight is 218 g/mol. The van der Waals surface area contributed by atoms with Crippen LogP contribution in [0.1, 0.15) is 24.6 Å². The first-order valence-corrected chi connectivity index (χ1v) is 5.28. The standard InChI is InChI=1S/C10H14N6/c1-15-5-13-4-7(15)8-9(11)16(12)10(14-8)6-2-3-6/h4-6H,2-3,11-12H2,1H3. The van der Waals surface area contributed by atoms with Crippen LogP contribution in [-0.2, 0) is 7.05 Å². The molecule has 0 unspecified atom stereocenters. The van der Waals surface area contributed by atoms with Crippen LogP contribution < -0.4 is 11.6 Å². The molecule has 1 saturated carbocycles. The lowest BCUT2D eigenvalue weighted by atomic mass is 10.3. The van der Waals surface area contributed by atoms with Gasteiger partial charge in [0.1, 0.15) is 11.5 Å². The summed E-state index contributed by atoms with van der Waals surface area (Å²) in [5.41, 5.74) is 7.58. The zero-order valence-corrected chi connectivity index (χ0v) is 9.09. The molecule has 1 aliphatic rings. The van der Waals surface area contributed by atoms with Gasteiger partial charge in [-0.3, -0.25) is 0 Å². The Hall–Kier alpha value is -1.98. The molecule has 0 aromatic carbocycles. The van der Waals surface area contributed by atoms with Crippen molar-refractivity contribution in [2.75, 3.05) is 11.6 Å². The summed E-state index contributed by atoms with van der Waals surface area (Å²) in [6, 6.07) is 0. The van der Waals surface area contributed by atoms with Gasteiger partial charge in [-0.15, -0.1) is 0 Å². The highest BCUT2D eigenvalue weighted by atomic mass is 15.4. The summed E-state index contributed by atoms with van der Waals surface area (Å²) in [7, 11) is 1.91. The molecule has 0 amide bonds. The summed E-state index contributed by atoms with van der Waals surface area (Å²) in [4.78, 5) is 8.58. The highest BCUT2D eigenvalue weighted by molar-refractivity contribution is 5.68. The van der Waals surface area contributed by atoms with E-state index in [1.54, 1.807) is 12.5 Å². The SMILES string of the molecule is Cn1cncc1-c1nc(C2CC2)n(N)c1N. The van der Waals surface area contributed by atoms with Gasteiger partial charge in [-0.1, -0.05) is 0 Å². The fraction of sp³-hybridized carbons (Fsp3) is 0.400. The van der Waals surface area contributed by atoms with E-state index in [0.717, 1.165) is 30.1 Å². The number of aryl methyl sites for hydroxylation is 1. The second-order valence-electron chi connectivity index (χ2n) is 4.24. The Kier molecular flexibility index (Phi) is 1.74. The number of aromatic nitrogens is 4.